The molecule has 1 aliphatic carbocycles. The van der Waals surface area contributed by atoms with Crippen LogP contribution in [0.4, 0.5) is 13.2 Å². The van der Waals surface area contributed by atoms with Crippen molar-refractivity contribution in [3.8, 4) is 0 Å². The van der Waals surface area contributed by atoms with Crippen LogP contribution in [0.5, 0.6) is 0 Å². The second-order valence-corrected chi connectivity index (χ2v) is 7.33. The normalized spacial score (nSPS) is 17.5. The highest BCUT2D eigenvalue weighted by Gasteiger charge is 2.45. The smallest absolute Gasteiger partial charge is 0.356 e. The maximum absolute atomic E-state index is 13.6. The Hall–Kier alpha value is -1.98. The molecular formula is C19H23F3N2O. The van der Waals surface area contributed by atoms with Crippen molar-refractivity contribution >= 4 is 16.8 Å². The van der Waals surface area contributed by atoms with Gasteiger partial charge in [0.1, 0.15) is 0 Å². The number of rotatable bonds is 5. The first-order valence-corrected chi connectivity index (χ1v) is 8.65. The van der Waals surface area contributed by atoms with Crippen LogP contribution in [0.2, 0.25) is 0 Å². The Morgan fingerprint density at radius 1 is 1.36 bits per heavy atom. The van der Waals surface area contributed by atoms with Crippen molar-refractivity contribution < 1.29 is 18.0 Å². The van der Waals surface area contributed by atoms with E-state index < -0.39 is 17.2 Å². The summed E-state index contributed by atoms with van der Waals surface area (Å²) < 4.78 is 40.7. The highest BCUT2D eigenvalue weighted by molar-refractivity contribution is 5.87. The van der Waals surface area contributed by atoms with Crippen molar-refractivity contribution in [1.29, 1.82) is 0 Å². The van der Waals surface area contributed by atoms with Crippen LogP contribution < -0.4 is 5.32 Å². The molecule has 6 heteroatoms. The van der Waals surface area contributed by atoms with Crippen LogP contribution in [0.25, 0.3) is 10.9 Å². The zero-order chi connectivity index (χ0) is 18.4. The molecule has 3 rings (SSSR count). The van der Waals surface area contributed by atoms with E-state index in [4.69, 9.17) is 0 Å². The van der Waals surface area contributed by atoms with Crippen molar-refractivity contribution in [3.05, 3.63) is 35.0 Å². The number of carbonyl (C=O) groups excluding carboxylic acids is 1. The van der Waals surface area contributed by atoms with E-state index in [9.17, 15) is 18.0 Å². The van der Waals surface area contributed by atoms with Gasteiger partial charge in [-0.1, -0.05) is 32.9 Å². The van der Waals surface area contributed by atoms with Crippen molar-refractivity contribution in [2.24, 2.45) is 5.41 Å². The number of carbonyl (C=O) groups is 1. The molecule has 1 aromatic carbocycles. The van der Waals surface area contributed by atoms with E-state index >= 15 is 0 Å². The van der Waals surface area contributed by atoms with Crippen molar-refractivity contribution in [3.63, 3.8) is 0 Å². The lowest BCUT2D eigenvalue weighted by Crippen LogP contribution is -2.30. The molecule has 2 aromatic rings. The van der Waals surface area contributed by atoms with Gasteiger partial charge in [0.25, 0.3) is 0 Å². The third-order valence-electron chi connectivity index (χ3n) is 5.34. The first-order chi connectivity index (χ1) is 11.7. The summed E-state index contributed by atoms with van der Waals surface area (Å²) >= 11 is 0. The molecule has 1 fully saturated rings. The fourth-order valence-corrected chi connectivity index (χ4v) is 3.07. The molecule has 3 nitrogen and oxygen atoms in total. The molecule has 0 spiro atoms. The number of benzene rings is 1. The van der Waals surface area contributed by atoms with Crippen LogP contribution >= 0.6 is 0 Å². The van der Waals surface area contributed by atoms with E-state index in [-0.39, 0.29) is 29.4 Å². The molecule has 0 radical (unpaired) electrons. The summed E-state index contributed by atoms with van der Waals surface area (Å²) in [6, 6.07) is 5.07. The topological polar surface area (TPSA) is 44.9 Å². The Morgan fingerprint density at radius 2 is 2.04 bits per heavy atom. The Balaban J connectivity index is 1.96. The van der Waals surface area contributed by atoms with Gasteiger partial charge < -0.3 is 10.3 Å². The minimum Gasteiger partial charge on any atom is -0.356 e. The maximum atomic E-state index is 13.6. The first-order valence-electron chi connectivity index (χ1n) is 8.65. The molecule has 25 heavy (non-hydrogen) atoms. The van der Waals surface area contributed by atoms with Crippen molar-refractivity contribution in [1.82, 2.24) is 10.3 Å². The number of aromatic nitrogens is 1. The van der Waals surface area contributed by atoms with Crippen LogP contribution in [-0.2, 0) is 17.5 Å². The number of amides is 1. The zero-order valence-electron chi connectivity index (χ0n) is 14.7. The number of fused-ring (bicyclic) bond motifs is 1. The fourth-order valence-electron chi connectivity index (χ4n) is 3.07. The van der Waals surface area contributed by atoms with E-state index in [1.807, 2.05) is 20.8 Å². The second-order valence-electron chi connectivity index (χ2n) is 7.33. The Morgan fingerprint density at radius 3 is 2.60 bits per heavy atom. The van der Waals surface area contributed by atoms with Crippen molar-refractivity contribution in [2.45, 2.75) is 58.7 Å². The maximum Gasteiger partial charge on any atom is 0.418 e. The van der Waals surface area contributed by atoms with Gasteiger partial charge in [0.15, 0.2) is 0 Å². The number of halogens is 3. The largest absolute Gasteiger partial charge is 0.418 e. The van der Waals surface area contributed by atoms with Gasteiger partial charge in [-0.3, -0.25) is 4.79 Å². The Kier molecular flexibility index (Phi) is 4.33. The summed E-state index contributed by atoms with van der Waals surface area (Å²) in [6.45, 7) is 5.78. The number of alkyl halides is 3. The van der Waals surface area contributed by atoms with E-state index in [0.717, 1.165) is 24.8 Å². The number of aromatic amines is 1. The van der Waals surface area contributed by atoms with Crippen LogP contribution in [0, 0.1) is 5.41 Å². The number of H-pyrrole nitrogens is 1. The molecule has 1 aliphatic rings. The lowest BCUT2D eigenvalue weighted by Gasteiger charge is -2.12. The van der Waals surface area contributed by atoms with Crippen LogP contribution in [0.3, 0.4) is 0 Å². The Labute approximate surface area is 145 Å². The minimum absolute atomic E-state index is 0.0152. The molecule has 1 amide bonds. The van der Waals surface area contributed by atoms with E-state index in [1.54, 1.807) is 12.1 Å². The molecule has 1 atom stereocenters. The minimum atomic E-state index is -4.47. The number of hydrogen-bond acceptors (Lipinski definition) is 1. The predicted octanol–water partition coefficient (Wildman–Crippen LogP) is 5.12. The third-order valence-corrected chi connectivity index (χ3v) is 5.34. The van der Waals surface area contributed by atoms with Gasteiger partial charge in [0, 0.05) is 22.0 Å². The average Bonchev–Trinajstić information content (AvgIpc) is 3.19. The summed E-state index contributed by atoms with van der Waals surface area (Å²) in [5.41, 5.74) is 0.396. The molecule has 1 unspecified atom stereocenters. The molecule has 0 bridgehead atoms. The van der Waals surface area contributed by atoms with Gasteiger partial charge >= 0.3 is 6.18 Å². The van der Waals surface area contributed by atoms with Crippen LogP contribution in [0.1, 0.15) is 62.8 Å². The van der Waals surface area contributed by atoms with E-state index in [2.05, 4.69) is 10.3 Å². The standard InChI is InChI=1S/C19H23F3N2O/c1-4-11(2)12-5-6-13-14(9-12)24-15(16(13)19(20,21)22)10-23-17(25)18(3)7-8-18/h5-6,9,11,24H,4,7-8,10H2,1-3H3,(H,23,25). The second kappa shape index (κ2) is 6.07. The SMILES string of the molecule is CCC(C)c1ccc2c(C(F)(F)F)c(CNC(=O)C3(C)CC3)[nH]c2c1. The summed E-state index contributed by atoms with van der Waals surface area (Å²) in [4.78, 5) is 14.9. The Bertz CT molecular complexity index is 803. The van der Waals surface area contributed by atoms with Gasteiger partial charge in [-0.25, -0.2) is 0 Å². The summed E-state index contributed by atoms with van der Waals surface area (Å²) in [5.74, 6) is 0.0968. The fraction of sp³-hybridized carbons (Fsp3) is 0.526. The summed E-state index contributed by atoms with van der Waals surface area (Å²) in [6.07, 6.45) is -1.98. The number of hydrogen-bond donors (Lipinski definition) is 2. The monoisotopic (exact) mass is 352 g/mol. The van der Waals surface area contributed by atoms with Crippen molar-refractivity contribution in [2.75, 3.05) is 0 Å². The summed E-state index contributed by atoms with van der Waals surface area (Å²) in [7, 11) is 0. The molecule has 0 aliphatic heterocycles. The lowest BCUT2D eigenvalue weighted by atomic mass is 9.97. The molecule has 1 saturated carbocycles. The van der Waals surface area contributed by atoms with Gasteiger partial charge in [-0.05, 0) is 36.8 Å². The molecule has 1 aromatic heterocycles. The van der Waals surface area contributed by atoms with E-state index in [1.165, 1.54) is 6.07 Å². The van der Waals surface area contributed by atoms with E-state index in [0.29, 0.717) is 5.52 Å². The molecule has 0 saturated heterocycles. The zero-order valence-corrected chi connectivity index (χ0v) is 14.7. The number of nitrogens with one attached hydrogen (secondary N) is 2. The summed E-state index contributed by atoms with van der Waals surface area (Å²) in [5, 5.41) is 2.81. The first kappa shape index (κ1) is 17.8. The molecule has 2 N–H and O–H groups in total. The predicted molar refractivity (Wildman–Crippen MR) is 91.2 cm³/mol. The van der Waals surface area contributed by atoms with Gasteiger partial charge in [0.05, 0.1) is 12.1 Å². The third kappa shape index (κ3) is 3.39. The van der Waals surface area contributed by atoms with Gasteiger partial charge in [0.2, 0.25) is 5.91 Å². The van der Waals surface area contributed by atoms with Gasteiger partial charge in [-0.2, -0.15) is 13.2 Å². The quantitative estimate of drug-likeness (QED) is 0.771. The highest BCUT2D eigenvalue weighted by Crippen LogP contribution is 2.45. The van der Waals surface area contributed by atoms with Crippen LogP contribution in [0.15, 0.2) is 18.2 Å². The van der Waals surface area contributed by atoms with Crippen LogP contribution in [-0.4, -0.2) is 10.9 Å². The lowest BCUT2D eigenvalue weighted by molar-refractivity contribution is -0.137. The molecular weight excluding hydrogens is 329 g/mol. The molecule has 136 valence electrons. The van der Waals surface area contributed by atoms with Gasteiger partial charge in [-0.15, -0.1) is 0 Å². The molecule has 1 heterocycles. The highest BCUT2D eigenvalue weighted by atomic mass is 19.4. The average molecular weight is 352 g/mol.